The molecule has 2 amide bonds. The van der Waals surface area contributed by atoms with Crippen LogP contribution < -0.4 is 15.0 Å². The minimum Gasteiger partial charge on any atom is -0.497 e. The van der Waals surface area contributed by atoms with Gasteiger partial charge in [0.15, 0.2) is 10.4 Å². The van der Waals surface area contributed by atoms with Crippen molar-refractivity contribution >= 4 is 33.4 Å². The first-order valence-corrected chi connectivity index (χ1v) is 7.87. The molecule has 7 heteroatoms. The summed E-state index contributed by atoms with van der Waals surface area (Å²) in [6.45, 7) is 0.429. The largest absolute Gasteiger partial charge is 0.497 e. The third-order valence-electron chi connectivity index (χ3n) is 3.64. The number of benzene rings is 1. The lowest BCUT2D eigenvalue weighted by Gasteiger charge is -2.17. The van der Waals surface area contributed by atoms with Gasteiger partial charge in [-0.15, -0.1) is 0 Å². The molecule has 0 saturated carbocycles. The van der Waals surface area contributed by atoms with Crippen molar-refractivity contribution in [3.63, 3.8) is 0 Å². The average molecular weight is 379 g/mol. The molecule has 1 aliphatic rings. The molecule has 1 aromatic heterocycles. The predicted octanol–water partition coefficient (Wildman–Crippen LogP) is 2.59. The van der Waals surface area contributed by atoms with Gasteiger partial charge in [-0.1, -0.05) is 0 Å². The number of rotatable bonds is 4. The number of carbonyl (C=O) groups excluding carboxylic acids is 2. The Hall–Kier alpha value is -2.28. The smallest absolute Gasteiger partial charge is 0.287 e. The van der Waals surface area contributed by atoms with Crippen molar-refractivity contribution in [2.24, 2.45) is 0 Å². The van der Waals surface area contributed by atoms with Crippen LogP contribution in [0, 0.1) is 0 Å². The molecule has 0 radical (unpaired) electrons. The second kappa shape index (κ2) is 6.45. The molecule has 2 aromatic rings. The minimum atomic E-state index is -0.329. The topological polar surface area (TPSA) is 71.8 Å². The van der Waals surface area contributed by atoms with Crippen LogP contribution in [0.5, 0.6) is 5.75 Å². The molecule has 3 rings (SSSR count). The van der Waals surface area contributed by atoms with Gasteiger partial charge in [0.1, 0.15) is 5.75 Å². The number of furan rings is 1. The number of nitrogens with one attached hydrogen (secondary N) is 1. The summed E-state index contributed by atoms with van der Waals surface area (Å²) in [5, 5.41) is 2.82. The van der Waals surface area contributed by atoms with Gasteiger partial charge in [-0.25, -0.2) is 0 Å². The lowest BCUT2D eigenvalue weighted by molar-refractivity contribution is -0.117. The van der Waals surface area contributed by atoms with Crippen LogP contribution in [-0.2, 0) is 4.79 Å². The molecule has 6 nitrogen and oxygen atoms in total. The van der Waals surface area contributed by atoms with Crippen LogP contribution in [-0.4, -0.2) is 31.5 Å². The molecule has 23 heavy (non-hydrogen) atoms. The number of hydrogen-bond donors (Lipinski definition) is 1. The fourth-order valence-electron chi connectivity index (χ4n) is 2.51. The molecule has 0 aliphatic carbocycles. The minimum absolute atomic E-state index is 0.0268. The van der Waals surface area contributed by atoms with Crippen molar-refractivity contribution in [3.8, 4) is 5.75 Å². The van der Waals surface area contributed by atoms with Gasteiger partial charge in [0.25, 0.3) is 5.91 Å². The summed E-state index contributed by atoms with van der Waals surface area (Å²) < 4.78 is 10.8. The Morgan fingerprint density at radius 2 is 2.04 bits per heavy atom. The highest BCUT2D eigenvalue weighted by molar-refractivity contribution is 9.10. The molecule has 1 N–H and O–H groups in total. The maximum absolute atomic E-state index is 12.2. The maximum Gasteiger partial charge on any atom is 0.287 e. The monoisotopic (exact) mass is 378 g/mol. The van der Waals surface area contributed by atoms with Gasteiger partial charge in [-0.05, 0) is 52.3 Å². The number of halogens is 1. The van der Waals surface area contributed by atoms with Crippen molar-refractivity contribution in [3.05, 3.63) is 46.8 Å². The molecule has 1 fully saturated rings. The van der Waals surface area contributed by atoms with Gasteiger partial charge < -0.3 is 19.4 Å². The molecule has 1 aliphatic heterocycles. The summed E-state index contributed by atoms with van der Waals surface area (Å²) in [7, 11) is 1.59. The molecule has 120 valence electrons. The first kappa shape index (κ1) is 15.6. The Kier molecular flexibility index (Phi) is 4.38. The van der Waals surface area contributed by atoms with Gasteiger partial charge in [0.2, 0.25) is 5.91 Å². The first-order chi connectivity index (χ1) is 11.1. The van der Waals surface area contributed by atoms with E-state index in [1.165, 1.54) is 0 Å². The van der Waals surface area contributed by atoms with E-state index in [0.29, 0.717) is 11.2 Å². The van der Waals surface area contributed by atoms with E-state index in [1.807, 2.05) is 12.1 Å². The summed E-state index contributed by atoms with van der Waals surface area (Å²) in [6.07, 6.45) is 0.264. The van der Waals surface area contributed by atoms with Crippen LogP contribution in [0.4, 0.5) is 5.69 Å². The fourth-order valence-corrected chi connectivity index (χ4v) is 2.82. The summed E-state index contributed by atoms with van der Waals surface area (Å²) in [6, 6.07) is 10.2. The van der Waals surface area contributed by atoms with Crippen molar-refractivity contribution in [1.29, 1.82) is 0 Å². The van der Waals surface area contributed by atoms with Crippen molar-refractivity contribution < 1.29 is 18.7 Å². The second-order valence-corrected chi connectivity index (χ2v) is 5.96. The summed E-state index contributed by atoms with van der Waals surface area (Å²) in [4.78, 5) is 25.9. The number of methoxy groups -OCH3 is 1. The standard InChI is InChI=1S/C16H15BrN2O4/c1-22-12-4-2-11(3-5-12)19-9-10(8-15(19)20)18-16(21)13-6-7-14(17)23-13/h2-7,10H,8-9H2,1H3,(H,18,21). The van der Waals surface area contributed by atoms with Crippen LogP contribution >= 0.6 is 15.9 Å². The molecule has 1 aromatic carbocycles. The SMILES string of the molecule is COc1ccc(N2CC(NC(=O)c3ccc(Br)o3)CC2=O)cc1. The lowest BCUT2D eigenvalue weighted by atomic mass is 10.2. The second-order valence-electron chi connectivity index (χ2n) is 5.18. The van der Waals surface area contributed by atoms with Crippen LogP contribution in [0.3, 0.4) is 0 Å². The van der Waals surface area contributed by atoms with Crippen molar-refractivity contribution in [2.75, 3.05) is 18.6 Å². The van der Waals surface area contributed by atoms with Gasteiger partial charge in [0, 0.05) is 18.7 Å². The highest BCUT2D eigenvalue weighted by atomic mass is 79.9. The number of nitrogens with zero attached hydrogens (tertiary/aromatic N) is 1. The lowest BCUT2D eigenvalue weighted by Crippen LogP contribution is -2.37. The van der Waals surface area contributed by atoms with Crippen LogP contribution in [0.2, 0.25) is 0 Å². The molecule has 0 spiro atoms. The molecule has 0 bridgehead atoms. The molecular formula is C16H15BrN2O4. The fraction of sp³-hybridized carbons (Fsp3) is 0.250. The molecular weight excluding hydrogens is 364 g/mol. The zero-order chi connectivity index (χ0) is 16.4. The van der Waals surface area contributed by atoms with E-state index in [-0.39, 0.29) is 30.0 Å². The van der Waals surface area contributed by atoms with E-state index in [9.17, 15) is 9.59 Å². The Balaban J connectivity index is 1.66. The van der Waals surface area contributed by atoms with Gasteiger partial charge in [-0.3, -0.25) is 9.59 Å². The third kappa shape index (κ3) is 3.39. The highest BCUT2D eigenvalue weighted by Crippen LogP contribution is 2.24. The normalized spacial score (nSPS) is 17.4. The van der Waals surface area contributed by atoms with E-state index in [0.717, 1.165) is 11.4 Å². The quantitative estimate of drug-likeness (QED) is 0.887. The maximum atomic E-state index is 12.2. The number of amides is 2. The van der Waals surface area contributed by atoms with Crippen LogP contribution in [0.25, 0.3) is 0 Å². The Labute approximate surface area is 141 Å². The number of hydrogen-bond acceptors (Lipinski definition) is 4. The van der Waals surface area contributed by atoms with E-state index in [1.54, 1.807) is 36.3 Å². The Morgan fingerprint density at radius 1 is 1.30 bits per heavy atom. The zero-order valence-electron chi connectivity index (χ0n) is 12.4. The van der Waals surface area contributed by atoms with Gasteiger partial charge in [-0.2, -0.15) is 0 Å². The van der Waals surface area contributed by atoms with Gasteiger partial charge >= 0.3 is 0 Å². The summed E-state index contributed by atoms with van der Waals surface area (Å²) in [5.74, 6) is 0.590. The Bertz CT molecular complexity index is 726. The zero-order valence-corrected chi connectivity index (χ0v) is 14.0. The summed E-state index contributed by atoms with van der Waals surface area (Å²) >= 11 is 3.16. The number of ether oxygens (including phenoxy) is 1. The first-order valence-electron chi connectivity index (χ1n) is 7.07. The molecule has 1 atom stereocenters. The van der Waals surface area contributed by atoms with Gasteiger partial charge in [0.05, 0.1) is 13.2 Å². The Morgan fingerprint density at radius 3 is 2.65 bits per heavy atom. The molecule has 2 heterocycles. The number of anilines is 1. The van der Waals surface area contributed by atoms with Crippen LogP contribution in [0.1, 0.15) is 17.0 Å². The number of carbonyl (C=O) groups is 2. The molecule has 1 saturated heterocycles. The summed E-state index contributed by atoms with van der Waals surface area (Å²) in [5.41, 5.74) is 0.785. The van der Waals surface area contributed by atoms with E-state index >= 15 is 0 Å². The highest BCUT2D eigenvalue weighted by Gasteiger charge is 2.32. The van der Waals surface area contributed by atoms with E-state index in [2.05, 4.69) is 21.2 Å². The predicted molar refractivity (Wildman–Crippen MR) is 87.6 cm³/mol. The van der Waals surface area contributed by atoms with Crippen molar-refractivity contribution in [2.45, 2.75) is 12.5 Å². The van der Waals surface area contributed by atoms with Crippen molar-refractivity contribution in [1.82, 2.24) is 5.32 Å². The molecule has 1 unspecified atom stereocenters. The average Bonchev–Trinajstić information content (AvgIpc) is 3.13. The van der Waals surface area contributed by atoms with E-state index < -0.39 is 0 Å². The third-order valence-corrected chi connectivity index (χ3v) is 4.07. The van der Waals surface area contributed by atoms with E-state index in [4.69, 9.17) is 9.15 Å². The van der Waals surface area contributed by atoms with Crippen LogP contribution in [0.15, 0.2) is 45.5 Å².